The van der Waals surface area contributed by atoms with Crippen molar-refractivity contribution in [2.45, 2.75) is 73.5 Å². The molecule has 1 aliphatic heterocycles. The Morgan fingerprint density at radius 2 is 1.00 bits per heavy atom. The SMILES string of the molecule is CC1CCC(C)C2=C1C=C1CCC3=CC4=C(C(C)CCC4C)[CH]3[Zr+2][CH]12.[Cl-].[Cl-]. The molecule has 1 saturated heterocycles. The smallest absolute Gasteiger partial charge is 1.00 e. The van der Waals surface area contributed by atoms with Crippen molar-refractivity contribution in [1.82, 2.24) is 0 Å². The Bertz CT molecular complexity index is 679. The molecule has 6 unspecified atom stereocenters. The van der Waals surface area contributed by atoms with E-state index in [9.17, 15) is 0 Å². The fraction of sp³-hybridized carbons (Fsp3) is 0.667. The normalized spacial score (nSPS) is 39.3. The third-order valence-corrected chi connectivity index (χ3v) is 12.9. The van der Waals surface area contributed by atoms with E-state index in [1.165, 1.54) is 38.5 Å². The van der Waals surface area contributed by atoms with Crippen molar-refractivity contribution in [3.05, 3.63) is 45.6 Å². The zero-order valence-electron chi connectivity index (χ0n) is 17.1. The molecule has 4 aliphatic carbocycles. The van der Waals surface area contributed by atoms with E-state index < -0.39 is 23.2 Å². The molecule has 27 heavy (non-hydrogen) atoms. The first-order chi connectivity index (χ1) is 12.0. The zero-order valence-corrected chi connectivity index (χ0v) is 21.1. The maximum absolute atomic E-state index is 2.70. The van der Waals surface area contributed by atoms with Crippen LogP contribution >= 0.6 is 0 Å². The van der Waals surface area contributed by atoms with Crippen molar-refractivity contribution in [2.75, 3.05) is 0 Å². The molecule has 0 saturated carbocycles. The molecule has 0 aromatic heterocycles. The third kappa shape index (κ3) is 3.47. The number of allylic oxidation sites excluding steroid dienone is 8. The molecule has 5 rings (SSSR count). The fourth-order valence-electron chi connectivity index (χ4n) is 6.36. The molecule has 0 N–H and O–H groups in total. The summed E-state index contributed by atoms with van der Waals surface area (Å²) in [6.45, 7) is 10.0. The van der Waals surface area contributed by atoms with Gasteiger partial charge in [-0.05, 0) is 0 Å². The van der Waals surface area contributed by atoms with Crippen LogP contribution in [0.15, 0.2) is 45.6 Å². The van der Waals surface area contributed by atoms with Crippen LogP contribution in [0.4, 0.5) is 0 Å². The topological polar surface area (TPSA) is 0 Å². The minimum atomic E-state index is -0.509. The van der Waals surface area contributed by atoms with Gasteiger partial charge in [0.05, 0.1) is 0 Å². The molecule has 0 nitrogen and oxygen atoms in total. The van der Waals surface area contributed by atoms with Gasteiger partial charge in [0.15, 0.2) is 0 Å². The molecule has 0 aromatic carbocycles. The molecule has 3 heteroatoms. The summed E-state index contributed by atoms with van der Waals surface area (Å²) in [5.41, 5.74) is 11.2. The summed E-state index contributed by atoms with van der Waals surface area (Å²) < 4.78 is 1.90. The van der Waals surface area contributed by atoms with Crippen LogP contribution in [0.2, 0.25) is 7.25 Å². The number of rotatable bonds is 0. The molecule has 0 spiro atoms. The Morgan fingerprint density at radius 1 is 0.630 bits per heavy atom. The number of halogens is 2. The quantitative estimate of drug-likeness (QED) is 0.484. The van der Waals surface area contributed by atoms with Gasteiger partial charge in [0.25, 0.3) is 0 Å². The van der Waals surface area contributed by atoms with Gasteiger partial charge in [-0.15, -0.1) is 0 Å². The van der Waals surface area contributed by atoms with E-state index in [1.54, 1.807) is 11.1 Å². The molecule has 146 valence electrons. The van der Waals surface area contributed by atoms with E-state index in [2.05, 4.69) is 39.8 Å². The summed E-state index contributed by atoms with van der Waals surface area (Å²) in [7, 11) is 0. The monoisotopic (exact) mass is 480 g/mol. The fourth-order valence-corrected chi connectivity index (χ4v) is 12.5. The molecule has 0 radical (unpaired) electrons. The first kappa shape index (κ1) is 22.1. The van der Waals surface area contributed by atoms with Crippen LogP contribution in [-0.4, -0.2) is 0 Å². The Morgan fingerprint density at radius 3 is 1.41 bits per heavy atom. The van der Waals surface area contributed by atoms with Crippen LogP contribution in [0.5, 0.6) is 0 Å². The van der Waals surface area contributed by atoms with Gasteiger partial charge in [0, 0.05) is 0 Å². The van der Waals surface area contributed by atoms with E-state index in [4.69, 9.17) is 0 Å². The van der Waals surface area contributed by atoms with Crippen molar-refractivity contribution in [3.8, 4) is 0 Å². The van der Waals surface area contributed by atoms with E-state index in [-0.39, 0.29) is 24.8 Å². The standard InChI is InChI=1S/C24H32.2ClH.Zr/c1-15-5-6-16(2)22-12-19(11-21(15)22)9-10-20-13-23-17(3)7-8-18(4)24(23)14-20;;;/h11-18H,5-10H2,1-4H3;2*1H;/q;;;+2/p-2. The Labute approximate surface area is 189 Å². The van der Waals surface area contributed by atoms with Crippen molar-refractivity contribution in [2.24, 2.45) is 23.7 Å². The number of fused-ring (bicyclic) bond motifs is 4. The Balaban J connectivity index is 0.00000105. The Kier molecular flexibility index (Phi) is 6.78. The van der Waals surface area contributed by atoms with Gasteiger partial charge in [-0.1, -0.05) is 0 Å². The largest absolute Gasteiger partial charge is 1.00 e. The van der Waals surface area contributed by atoms with Crippen LogP contribution < -0.4 is 24.8 Å². The van der Waals surface area contributed by atoms with Gasteiger partial charge < -0.3 is 24.8 Å². The molecule has 0 amide bonds. The van der Waals surface area contributed by atoms with E-state index in [0.29, 0.717) is 0 Å². The van der Waals surface area contributed by atoms with Crippen molar-refractivity contribution < 1.29 is 48.0 Å². The van der Waals surface area contributed by atoms with Gasteiger partial charge in [-0.2, -0.15) is 0 Å². The summed E-state index contributed by atoms with van der Waals surface area (Å²) in [5, 5.41) is 0. The molecule has 1 heterocycles. The van der Waals surface area contributed by atoms with Gasteiger partial charge >= 0.3 is 166 Å². The van der Waals surface area contributed by atoms with E-state index in [1.807, 2.05) is 22.3 Å². The van der Waals surface area contributed by atoms with Crippen LogP contribution in [0.3, 0.4) is 0 Å². The maximum Gasteiger partial charge on any atom is -1.00 e. The van der Waals surface area contributed by atoms with Gasteiger partial charge in [-0.3, -0.25) is 0 Å². The predicted octanol–water partition coefficient (Wildman–Crippen LogP) is 1.05. The zero-order chi connectivity index (χ0) is 17.3. The Hall–Kier alpha value is 0.423. The number of hydrogen-bond donors (Lipinski definition) is 0. The van der Waals surface area contributed by atoms with Crippen LogP contribution in [0.1, 0.15) is 66.2 Å². The van der Waals surface area contributed by atoms with Crippen LogP contribution in [0.25, 0.3) is 0 Å². The second-order valence-electron chi connectivity index (χ2n) is 9.55. The summed E-state index contributed by atoms with van der Waals surface area (Å²) in [5.74, 6) is 3.36. The average Bonchev–Trinajstić information content (AvgIpc) is 3.10. The second-order valence-corrected chi connectivity index (χ2v) is 13.2. The first-order valence-corrected chi connectivity index (χ1v) is 13.5. The van der Waals surface area contributed by atoms with Crippen molar-refractivity contribution >= 4 is 0 Å². The molecular weight excluding hydrogens is 450 g/mol. The van der Waals surface area contributed by atoms with Crippen molar-refractivity contribution in [3.63, 3.8) is 0 Å². The molecule has 6 atom stereocenters. The minimum Gasteiger partial charge on any atom is -1.00 e. The van der Waals surface area contributed by atoms with E-state index in [0.717, 1.165) is 30.9 Å². The predicted molar refractivity (Wildman–Crippen MR) is 102 cm³/mol. The first-order valence-electron chi connectivity index (χ1n) is 10.7. The van der Waals surface area contributed by atoms with Crippen molar-refractivity contribution in [1.29, 1.82) is 0 Å². The summed E-state index contributed by atoms with van der Waals surface area (Å²) in [4.78, 5) is 0. The molecular formula is C24H32Cl2Zr. The van der Waals surface area contributed by atoms with Gasteiger partial charge in [0.1, 0.15) is 0 Å². The molecule has 1 fully saturated rings. The summed E-state index contributed by atoms with van der Waals surface area (Å²) in [6, 6.07) is 0. The average molecular weight is 483 g/mol. The molecule has 0 aromatic rings. The minimum absolute atomic E-state index is 0. The number of hydrogen-bond acceptors (Lipinski definition) is 0. The van der Waals surface area contributed by atoms with Gasteiger partial charge in [0.2, 0.25) is 0 Å². The van der Waals surface area contributed by atoms with E-state index >= 15 is 0 Å². The summed E-state index contributed by atoms with van der Waals surface area (Å²) >= 11 is -0.509. The third-order valence-electron chi connectivity index (χ3n) is 7.94. The second kappa shape index (κ2) is 8.28. The van der Waals surface area contributed by atoms with Crippen LogP contribution in [-0.2, 0) is 23.2 Å². The molecule has 5 aliphatic rings. The summed E-state index contributed by atoms with van der Waals surface area (Å²) in [6.07, 6.45) is 13.8. The van der Waals surface area contributed by atoms with Crippen LogP contribution in [0, 0.1) is 23.7 Å². The molecule has 0 bridgehead atoms. The maximum atomic E-state index is 2.70. The van der Waals surface area contributed by atoms with Gasteiger partial charge in [-0.25, -0.2) is 0 Å².